The van der Waals surface area contributed by atoms with E-state index in [-0.39, 0.29) is 76.1 Å². The fourth-order valence-corrected chi connectivity index (χ4v) is 0. The van der Waals surface area contributed by atoms with Gasteiger partial charge in [-0.3, -0.25) is 0 Å². The quantitative estimate of drug-likeness (QED) is 0.449. The summed E-state index contributed by atoms with van der Waals surface area (Å²) in [5.74, 6) is 0. The Balaban J connectivity index is 0. The average Bonchev–Trinajstić information content (AvgIpc) is 0. The Morgan fingerprint density at radius 1 is 1.00 bits per heavy atom. The molecule has 0 amide bonds. The largest absolute Gasteiger partial charge is 0.316 e. The molecule has 0 N–H and O–H groups in total. The van der Waals surface area contributed by atoms with Gasteiger partial charge in [0.25, 0.3) is 0 Å². The van der Waals surface area contributed by atoms with Crippen LogP contribution >= 0.6 is 0 Å². The molecule has 0 aliphatic carbocycles. The van der Waals surface area contributed by atoms with Gasteiger partial charge in [-0.05, 0) is 0 Å². The molecule has 4 heteroatoms. The molecule has 0 saturated heterocycles. The van der Waals surface area contributed by atoms with Gasteiger partial charge in [0.05, 0.1) is 0 Å². The van der Waals surface area contributed by atoms with Gasteiger partial charge in [0.1, 0.15) is 0 Å². The Bertz CT molecular complexity index is 8.00. The topological polar surface area (TPSA) is 0 Å². The zero-order chi connectivity index (χ0) is 0. The van der Waals surface area contributed by atoms with Crippen LogP contribution in [-0.4, -0.2) is 23.1 Å². The third-order valence-corrected chi connectivity index (χ3v) is 0. The van der Waals surface area contributed by atoms with Gasteiger partial charge in [-0.1, -0.05) is 0 Å². The first-order valence-corrected chi connectivity index (χ1v) is 0. The van der Waals surface area contributed by atoms with Gasteiger partial charge < -0.3 is 0 Å². The van der Waals surface area contributed by atoms with Crippen LogP contribution in [0.1, 0.15) is 0 Å². The normalized spacial score (nSPS) is 0. The number of hydrogen-bond donors (Lipinski definition) is 0. The third kappa shape index (κ3) is 8.83. The Morgan fingerprint density at radius 2 is 1.00 bits per heavy atom. The van der Waals surface area contributed by atoms with Gasteiger partial charge in [-0.25, -0.2) is 0 Å². The predicted molar refractivity (Wildman–Crippen MR) is 8.54 cm³/mol. The number of rotatable bonds is 0. The van der Waals surface area contributed by atoms with Crippen molar-refractivity contribution < 1.29 is 53.0 Å². The second kappa shape index (κ2) is 18.1. The summed E-state index contributed by atoms with van der Waals surface area (Å²) in [7, 11) is 0. The van der Waals surface area contributed by atoms with Crippen molar-refractivity contribution in [2.45, 2.75) is 0 Å². The second-order valence-corrected chi connectivity index (χ2v) is 0. The van der Waals surface area contributed by atoms with E-state index in [0.29, 0.717) is 0 Å². The van der Waals surface area contributed by atoms with Crippen molar-refractivity contribution in [1.82, 2.24) is 0 Å². The van der Waals surface area contributed by atoms with Crippen LogP contribution in [0.15, 0.2) is 0 Å². The molecule has 0 bridgehead atoms. The van der Waals surface area contributed by atoms with Gasteiger partial charge in [-0.2, -0.15) is 0 Å². The molecule has 0 spiro atoms. The van der Waals surface area contributed by atoms with Crippen LogP contribution in [0.4, 0.5) is 0 Å². The van der Waals surface area contributed by atoms with E-state index in [1.165, 1.54) is 0 Å². The summed E-state index contributed by atoms with van der Waals surface area (Å²) in [6, 6.07) is 0. The smallest absolute Gasteiger partial charge is 0 e. The summed E-state index contributed by atoms with van der Waals surface area (Å²) >= 11 is 0. The van der Waals surface area contributed by atoms with E-state index >= 15 is 0 Å². The maximum Gasteiger partial charge on any atom is 0.316 e. The van der Waals surface area contributed by atoms with Crippen molar-refractivity contribution in [2.24, 2.45) is 0 Å². The van der Waals surface area contributed by atoms with E-state index in [1.54, 1.807) is 0 Å². The van der Waals surface area contributed by atoms with Crippen LogP contribution in [0.5, 0.6) is 0 Å². The minimum Gasteiger partial charge on any atom is 0 e. The molecule has 0 aliphatic rings. The molecular formula is H2MgMnNiZn. The standard InChI is InChI=1S/Mg.Mn.Ni.Zn.2H. The molecule has 0 aromatic rings. The fourth-order valence-electron chi connectivity index (χ4n) is 0. The Kier molecular flexibility index (Phi) is 147. The molecule has 0 heterocycles. The van der Waals surface area contributed by atoms with Crippen molar-refractivity contribution in [3.05, 3.63) is 0 Å². The van der Waals surface area contributed by atoms with Crippen LogP contribution in [0.25, 0.3) is 0 Å². The molecule has 0 saturated carbocycles. The third-order valence-electron chi connectivity index (χ3n) is 0. The van der Waals surface area contributed by atoms with Gasteiger partial charge in [0.15, 0.2) is 0 Å². The first-order valence-electron chi connectivity index (χ1n) is 0. The maximum atomic E-state index is 0. The Hall–Kier alpha value is 2.40. The molecule has 0 nitrogen and oxygen atoms in total. The van der Waals surface area contributed by atoms with Gasteiger partial charge in [-0.15, -0.1) is 0 Å². The van der Waals surface area contributed by atoms with Gasteiger partial charge in [0, 0.05) is 53.0 Å². The minimum absolute atomic E-state index is 0. The summed E-state index contributed by atoms with van der Waals surface area (Å²) in [5.41, 5.74) is 0. The summed E-state index contributed by atoms with van der Waals surface area (Å²) in [4.78, 5) is 0. The van der Waals surface area contributed by atoms with Gasteiger partial charge in [0.2, 0.25) is 0 Å². The van der Waals surface area contributed by atoms with Crippen LogP contribution in [0.3, 0.4) is 0 Å². The molecule has 0 rings (SSSR count). The molecule has 1 radical (unpaired) electrons. The van der Waals surface area contributed by atoms with Crippen molar-refractivity contribution in [3.8, 4) is 0 Å². The average molecular weight is 205 g/mol. The molecular weight excluding hydrogens is 203 g/mol. The van der Waals surface area contributed by atoms with Crippen molar-refractivity contribution in [2.75, 3.05) is 0 Å². The number of hydrogen-bond acceptors (Lipinski definition) is 0. The van der Waals surface area contributed by atoms with Crippen LogP contribution in [0, 0.1) is 0 Å². The van der Waals surface area contributed by atoms with E-state index in [1.807, 2.05) is 0 Å². The van der Waals surface area contributed by atoms with Crippen molar-refractivity contribution in [1.29, 1.82) is 0 Å². The molecule has 4 heavy (non-hydrogen) atoms. The monoisotopic (exact) mass is 203 g/mol. The second-order valence-electron chi connectivity index (χ2n) is 0. The summed E-state index contributed by atoms with van der Waals surface area (Å²) in [5, 5.41) is 0. The summed E-state index contributed by atoms with van der Waals surface area (Å²) in [6.45, 7) is 0. The first-order chi connectivity index (χ1) is 0. The zero-order valence-corrected chi connectivity index (χ0v) is 6.54. The molecule has 23 valence electrons. The van der Waals surface area contributed by atoms with E-state index in [2.05, 4.69) is 0 Å². The van der Waals surface area contributed by atoms with Crippen LogP contribution in [-0.2, 0) is 53.0 Å². The predicted octanol–water partition coefficient (Wildman–Crippen LogP) is -0.924. The summed E-state index contributed by atoms with van der Waals surface area (Å²) in [6.07, 6.45) is 0. The Morgan fingerprint density at radius 3 is 1.00 bits per heavy atom. The molecule has 0 atom stereocenters. The molecule has 0 unspecified atom stereocenters. The van der Waals surface area contributed by atoms with E-state index in [4.69, 9.17) is 0 Å². The molecule has 0 fully saturated rings. The molecule has 0 aromatic carbocycles. The van der Waals surface area contributed by atoms with Crippen LogP contribution < -0.4 is 0 Å². The van der Waals surface area contributed by atoms with E-state index < -0.39 is 0 Å². The Labute approximate surface area is 75.2 Å². The summed E-state index contributed by atoms with van der Waals surface area (Å²) < 4.78 is 0. The van der Waals surface area contributed by atoms with Crippen molar-refractivity contribution in [3.63, 3.8) is 0 Å². The van der Waals surface area contributed by atoms with E-state index in [0.717, 1.165) is 0 Å². The molecule has 0 aliphatic heterocycles. The first kappa shape index (κ1) is 32.4. The zero-order valence-electron chi connectivity index (χ0n) is 1.40. The van der Waals surface area contributed by atoms with Crippen LogP contribution in [0.2, 0.25) is 0 Å². The maximum absolute atomic E-state index is 0. The molecule has 0 aromatic heterocycles. The van der Waals surface area contributed by atoms with Crippen molar-refractivity contribution >= 4 is 23.1 Å². The SMILES string of the molecule is [MgH2].[Mn].[Ni].[Zn]. The fraction of sp³-hybridized carbons (Fsp3) is 0. The van der Waals surface area contributed by atoms with Gasteiger partial charge >= 0.3 is 23.1 Å². The van der Waals surface area contributed by atoms with E-state index in [9.17, 15) is 0 Å². The minimum atomic E-state index is 0.